The van der Waals surface area contributed by atoms with Crippen molar-refractivity contribution in [2.75, 3.05) is 11.9 Å². The van der Waals surface area contributed by atoms with E-state index in [9.17, 15) is 4.79 Å². The summed E-state index contributed by atoms with van der Waals surface area (Å²) >= 11 is 0. The summed E-state index contributed by atoms with van der Waals surface area (Å²) in [7, 11) is 0. The lowest BCUT2D eigenvalue weighted by molar-refractivity contribution is 0.102. The van der Waals surface area contributed by atoms with E-state index in [4.69, 9.17) is 9.26 Å². The van der Waals surface area contributed by atoms with E-state index in [0.717, 1.165) is 12.2 Å². The first kappa shape index (κ1) is 13.1. The van der Waals surface area contributed by atoms with E-state index in [1.54, 1.807) is 37.3 Å². The third-order valence-electron chi connectivity index (χ3n) is 2.46. The molecule has 1 aromatic carbocycles. The number of anilines is 1. The lowest BCUT2D eigenvalue weighted by atomic mass is 10.2. The van der Waals surface area contributed by atoms with Crippen LogP contribution in [0.1, 0.15) is 29.5 Å². The van der Waals surface area contributed by atoms with E-state index in [1.165, 1.54) is 0 Å². The summed E-state index contributed by atoms with van der Waals surface area (Å²) in [4.78, 5) is 11.9. The first-order valence-electron chi connectivity index (χ1n) is 6.16. The van der Waals surface area contributed by atoms with Gasteiger partial charge in [0.1, 0.15) is 11.5 Å². The Bertz CT molecular complexity index is 546. The zero-order valence-corrected chi connectivity index (χ0v) is 11.0. The summed E-state index contributed by atoms with van der Waals surface area (Å²) in [5.74, 6) is 1.60. The minimum Gasteiger partial charge on any atom is -0.494 e. The second kappa shape index (κ2) is 6.04. The van der Waals surface area contributed by atoms with Crippen LogP contribution in [0.15, 0.2) is 34.9 Å². The van der Waals surface area contributed by atoms with E-state index in [1.807, 2.05) is 6.92 Å². The molecule has 0 bridgehead atoms. The smallest absolute Gasteiger partial charge is 0.256 e. The number of benzene rings is 1. The Morgan fingerprint density at radius 2 is 2.11 bits per heavy atom. The summed E-state index contributed by atoms with van der Waals surface area (Å²) in [5.41, 5.74) is 0.546. The van der Waals surface area contributed by atoms with E-state index in [-0.39, 0.29) is 5.91 Å². The molecule has 2 aromatic rings. The van der Waals surface area contributed by atoms with Crippen LogP contribution in [0, 0.1) is 6.92 Å². The van der Waals surface area contributed by atoms with E-state index in [2.05, 4.69) is 10.5 Å². The largest absolute Gasteiger partial charge is 0.494 e. The lowest BCUT2D eigenvalue weighted by Gasteiger charge is -2.05. The molecule has 5 nitrogen and oxygen atoms in total. The summed E-state index contributed by atoms with van der Waals surface area (Å²) in [5, 5.41) is 6.36. The van der Waals surface area contributed by atoms with Gasteiger partial charge < -0.3 is 14.6 Å². The average Bonchev–Trinajstić information content (AvgIpc) is 2.82. The van der Waals surface area contributed by atoms with Gasteiger partial charge in [-0.2, -0.15) is 0 Å². The highest BCUT2D eigenvalue weighted by atomic mass is 16.5. The molecule has 0 aliphatic rings. The van der Waals surface area contributed by atoms with Crippen LogP contribution in [0.25, 0.3) is 0 Å². The molecular formula is C14H16N2O3. The number of amides is 1. The van der Waals surface area contributed by atoms with Gasteiger partial charge in [0, 0.05) is 11.6 Å². The number of hydrogen-bond acceptors (Lipinski definition) is 4. The number of aryl methyl sites for hydroxylation is 1. The molecule has 0 radical (unpaired) electrons. The normalized spacial score (nSPS) is 10.2. The number of aromatic nitrogens is 1. The number of carbonyl (C=O) groups excluding carboxylic acids is 1. The molecule has 100 valence electrons. The molecule has 2 rings (SSSR count). The molecule has 0 spiro atoms. The second-order valence-corrected chi connectivity index (χ2v) is 4.15. The molecule has 0 saturated heterocycles. The van der Waals surface area contributed by atoms with Gasteiger partial charge >= 0.3 is 0 Å². The first-order valence-corrected chi connectivity index (χ1v) is 6.16. The van der Waals surface area contributed by atoms with Crippen molar-refractivity contribution in [2.24, 2.45) is 0 Å². The minimum absolute atomic E-state index is 0.227. The van der Waals surface area contributed by atoms with Gasteiger partial charge in [-0.1, -0.05) is 12.1 Å². The lowest BCUT2D eigenvalue weighted by Crippen LogP contribution is -2.11. The summed E-state index contributed by atoms with van der Waals surface area (Å²) in [6, 6.07) is 8.65. The van der Waals surface area contributed by atoms with Crippen molar-refractivity contribution >= 4 is 11.7 Å². The van der Waals surface area contributed by atoms with Gasteiger partial charge in [-0.25, -0.2) is 0 Å². The van der Waals surface area contributed by atoms with Gasteiger partial charge in [0.2, 0.25) is 0 Å². The van der Waals surface area contributed by atoms with Gasteiger partial charge in [-0.05, 0) is 37.6 Å². The molecule has 0 atom stereocenters. The van der Waals surface area contributed by atoms with Crippen LogP contribution in [0.3, 0.4) is 0 Å². The predicted octanol–water partition coefficient (Wildman–Crippen LogP) is 3.02. The summed E-state index contributed by atoms with van der Waals surface area (Å²) < 4.78 is 10.3. The van der Waals surface area contributed by atoms with Gasteiger partial charge in [0.05, 0.1) is 6.61 Å². The fourth-order valence-corrected chi connectivity index (χ4v) is 1.54. The van der Waals surface area contributed by atoms with Gasteiger partial charge in [0.25, 0.3) is 5.91 Å². The van der Waals surface area contributed by atoms with Crippen molar-refractivity contribution in [1.82, 2.24) is 5.16 Å². The van der Waals surface area contributed by atoms with E-state index >= 15 is 0 Å². The number of ether oxygens (including phenoxy) is 1. The Kier molecular flexibility index (Phi) is 4.18. The Hall–Kier alpha value is -2.30. The predicted molar refractivity (Wildman–Crippen MR) is 71.4 cm³/mol. The molecule has 19 heavy (non-hydrogen) atoms. The Morgan fingerprint density at radius 1 is 1.37 bits per heavy atom. The molecular weight excluding hydrogens is 244 g/mol. The first-order chi connectivity index (χ1) is 9.19. The van der Waals surface area contributed by atoms with Crippen molar-refractivity contribution < 1.29 is 14.1 Å². The maximum absolute atomic E-state index is 11.9. The zero-order valence-electron chi connectivity index (χ0n) is 11.0. The Balaban J connectivity index is 1.99. The van der Waals surface area contributed by atoms with Crippen molar-refractivity contribution in [2.45, 2.75) is 20.3 Å². The number of carbonyl (C=O) groups is 1. The van der Waals surface area contributed by atoms with Gasteiger partial charge in [0.15, 0.2) is 5.82 Å². The van der Waals surface area contributed by atoms with E-state index < -0.39 is 0 Å². The zero-order chi connectivity index (χ0) is 13.7. The topological polar surface area (TPSA) is 64.4 Å². The molecule has 0 aliphatic carbocycles. The molecule has 1 aromatic heterocycles. The standard InChI is InChI=1S/C14H16N2O3/c1-3-8-18-12-6-4-11(5-7-12)14(17)15-13-9-10(2)19-16-13/h4-7,9H,3,8H2,1-2H3,(H,15,16,17). The van der Waals surface area contributed by atoms with Crippen LogP contribution in [0.5, 0.6) is 5.75 Å². The van der Waals surface area contributed by atoms with Crippen LogP contribution < -0.4 is 10.1 Å². The number of nitrogens with zero attached hydrogens (tertiary/aromatic N) is 1. The van der Waals surface area contributed by atoms with Gasteiger partial charge in [-0.15, -0.1) is 0 Å². The summed E-state index contributed by atoms with van der Waals surface area (Å²) in [6.07, 6.45) is 0.952. The minimum atomic E-state index is -0.227. The van der Waals surface area contributed by atoms with Crippen LogP contribution >= 0.6 is 0 Å². The number of hydrogen-bond donors (Lipinski definition) is 1. The quantitative estimate of drug-likeness (QED) is 0.897. The third-order valence-corrected chi connectivity index (χ3v) is 2.46. The molecule has 0 unspecified atom stereocenters. The Labute approximate surface area is 111 Å². The monoisotopic (exact) mass is 260 g/mol. The molecule has 0 aliphatic heterocycles. The molecule has 0 saturated carbocycles. The van der Waals surface area contributed by atoms with Crippen LogP contribution in [-0.2, 0) is 0 Å². The highest BCUT2D eigenvalue weighted by Crippen LogP contribution is 2.14. The maximum atomic E-state index is 11.9. The Morgan fingerprint density at radius 3 is 2.68 bits per heavy atom. The fraction of sp³-hybridized carbons (Fsp3) is 0.286. The van der Waals surface area contributed by atoms with Gasteiger partial charge in [-0.3, -0.25) is 4.79 Å². The van der Waals surface area contributed by atoms with Crippen LogP contribution in [0.2, 0.25) is 0 Å². The molecule has 0 fully saturated rings. The van der Waals surface area contributed by atoms with Crippen molar-refractivity contribution in [3.63, 3.8) is 0 Å². The molecule has 1 N–H and O–H groups in total. The number of rotatable bonds is 5. The average molecular weight is 260 g/mol. The SMILES string of the molecule is CCCOc1ccc(C(=O)Nc2cc(C)on2)cc1. The van der Waals surface area contributed by atoms with E-state index in [0.29, 0.717) is 23.7 Å². The highest BCUT2D eigenvalue weighted by molar-refractivity contribution is 6.03. The number of nitrogens with one attached hydrogen (secondary N) is 1. The second-order valence-electron chi connectivity index (χ2n) is 4.15. The summed E-state index contributed by atoms with van der Waals surface area (Å²) in [6.45, 7) is 4.48. The molecule has 5 heteroatoms. The van der Waals surface area contributed by atoms with Crippen molar-refractivity contribution in [1.29, 1.82) is 0 Å². The third kappa shape index (κ3) is 3.58. The molecule has 1 heterocycles. The van der Waals surface area contributed by atoms with Crippen LogP contribution in [-0.4, -0.2) is 17.7 Å². The highest BCUT2D eigenvalue weighted by Gasteiger charge is 2.08. The fourth-order valence-electron chi connectivity index (χ4n) is 1.54. The van der Waals surface area contributed by atoms with Crippen molar-refractivity contribution in [3.8, 4) is 5.75 Å². The molecule has 1 amide bonds. The van der Waals surface area contributed by atoms with Crippen molar-refractivity contribution in [3.05, 3.63) is 41.7 Å². The van der Waals surface area contributed by atoms with Crippen LogP contribution in [0.4, 0.5) is 5.82 Å². The maximum Gasteiger partial charge on any atom is 0.256 e.